The first kappa shape index (κ1) is 29.2. The van der Waals surface area contributed by atoms with Crippen molar-refractivity contribution in [2.45, 2.75) is 13.8 Å². The first-order valence-corrected chi connectivity index (χ1v) is 15.0. The predicted octanol–water partition coefficient (Wildman–Crippen LogP) is 3.88. The van der Waals surface area contributed by atoms with Gasteiger partial charge in [-0.15, -0.1) is 0 Å². The first-order chi connectivity index (χ1) is 21.0. The van der Waals surface area contributed by atoms with Crippen molar-refractivity contribution in [3.05, 3.63) is 107 Å². The Balaban J connectivity index is 1.44. The van der Waals surface area contributed by atoms with Gasteiger partial charge in [0.05, 0.1) is 28.1 Å². The second-order valence-electron chi connectivity index (χ2n) is 11.0. The number of benzene rings is 3. The molecule has 0 spiro atoms. The summed E-state index contributed by atoms with van der Waals surface area (Å²) in [5.74, 6) is -0.530. The molecule has 3 heterocycles. The summed E-state index contributed by atoms with van der Waals surface area (Å²) in [6.07, 6.45) is 1.27. The summed E-state index contributed by atoms with van der Waals surface area (Å²) in [6, 6.07) is 17.6. The van der Waals surface area contributed by atoms with Crippen LogP contribution in [0.5, 0.6) is 5.88 Å². The molecule has 0 saturated carbocycles. The minimum Gasteiger partial charge on any atom is -0.493 e. The number of imidazole rings is 1. The second kappa shape index (κ2) is 11.3. The van der Waals surface area contributed by atoms with Crippen LogP contribution < -0.4 is 26.7 Å². The van der Waals surface area contributed by atoms with Gasteiger partial charge in [0, 0.05) is 56.6 Å². The molecular weight excluding hydrogens is 626 g/mol. The van der Waals surface area contributed by atoms with Crippen molar-refractivity contribution >= 4 is 50.2 Å². The zero-order valence-electron chi connectivity index (χ0n) is 24.8. The van der Waals surface area contributed by atoms with Gasteiger partial charge >= 0.3 is 11.4 Å². The molecule has 11 nitrogen and oxygen atoms in total. The van der Waals surface area contributed by atoms with Crippen LogP contribution in [0.1, 0.15) is 16.7 Å². The van der Waals surface area contributed by atoms with E-state index in [1.54, 1.807) is 29.3 Å². The van der Waals surface area contributed by atoms with Crippen molar-refractivity contribution in [1.29, 1.82) is 0 Å². The number of aromatic hydroxyl groups is 1. The third-order valence-corrected chi connectivity index (χ3v) is 9.00. The maximum Gasteiger partial charge on any atom is 0.335 e. The predicted molar refractivity (Wildman–Crippen MR) is 178 cm³/mol. The molecule has 6 rings (SSSR count). The fourth-order valence-electron chi connectivity index (χ4n) is 5.67. The summed E-state index contributed by atoms with van der Waals surface area (Å²) in [5.41, 5.74) is 4.34. The Morgan fingerprint density at radius 1 is 0.841 bits per heavy atom. The molecule has 2 N–H and O–H groups in total. The Morgan fingerprint density at radius 3 is 2.14 bits per heavy atom. The lowest BCUT2D eigenvalue weighted by molar-refractivity contribution is 0.430. The van der Waals surface area contributed by atoms with Crippen molar-refractivity contribution in [3.8, 4) is 11.6 Å². The molecule has 44 heavy (non-hydrogen) atoms. The number of para-hydroxylation sites is 1. The summed E-state index contributed by atoms with van der Waals surface area (Å²) in [4.78, 5) is 50.1. The Morgan fingerprint density at radius 2 is 1.45 bits per heavy atom. The third-order valence-electron chi connectivity index (χ3n) is 8.37. The zero-order chi connectivity index (χ0) is 31.3. The average Bonchev–Trinajstić information content (AvgIpc) is 3.22. The minimum absolute atomic E-state index is 0.166. The Hall–Kier alpha value is -4.84. The molecular formula is C32H32BrN7O4. The molecule has 1 saturated heterocycles. The molecule has 1 aliphatic rings. The van der Waals surface area contributed by atoms with E-state index in [-0.39, 0.29) is 11.3 Å². The topological polar surface area (TPSA) is 121 Å². The molecule has 226 valence electrons. The van der Waals surface area contributed by atoms with Crippen molar-refractivity contribution < 1.29 is 5.11 Å². The smallest absolute Gasteiger partial charge is 0.335 e. The van der Waals surface area contributed by atoms with Crippen LogP contribution in [0.4, 0.5) is 17.1 Å². The van der Waals surface area contributed by atoms with E-state index in [0.29, 0.717) is 34.5 Å². The number of piperazine rings is 1. The lowest BCUT2D eigenvalue weighted by atomic mass is 10.1. The number of nitrogens with zero attached hydrogens (tertiary/aromatic N) is 6. The van der Waals surface area contributed by atoms with E-state index < -0.39 is 17.1 Å². The number of H-pyrrole nitrogens is 1. The lowest BCUT2D eigenvalue weighted by Gasteiger charge is -2.37. The van der Waals surface area contributed by atoms with Crippen LogP contribution in [0.25, 0.3) is 16.7 Å². The maximum absolute atomic E-state index is 12.9. The number of nitrogens with one attached hydrogen (secondary N) is 1. The van der Waals surface area contributed by atoms with E-state index in [0.717, 1.165) is 45.7 Å². The molecule has 0 aliphatic carbocycles. The van der Waals surface area contributed by atoms with E-state index in [1.165, 1.54) is 6.21 Å². The number of aryl methyl sites for hydroxylation is 4. The SMILES string of the molecule is Cc1cc(Br)c(-n2c(O)c(C=Nc3cc4c(cc3N3CCN(c5ccccc5)CC3)n(C)c(=O)n4C)c(=O)[nH]c2=O)cc1C. The summed E-state index contributed by atoms with van der Waals surface area (Å²) < 4.78 is 4.78. The number of aromatic nitrogens is 4. The number of rotatable bonds is 5. The molecule has 12 heteroatoms. The van der Waals surface area contributed by atoms with Gasteiger partial charge in [0.2, 0.25) is 5.88 Å². The van der Waals surface area contributed by atoms with Gasteiger partial charge in [0.15, 0.2) is 0 Å². The fraction of sp³-hybridized carbons (Fsp3) is 0.250. The van der Waals surface area contributed by atoms with Crippen molar-refractivity contribution in [3.63, 3.8) is 0 Å². The maximum atomic E-state index is 12.9. The molecule has 0 amide bonds. The van der Waals surface area contributed by atoms with Gasteiger partial charge in [0.25, 0.3) is 5.56 Å². The molecule has 0 unspecified atom stereocenters. The van der Waals surface area contributed by atoms with Crippen LogP contribution in [-0.4, -0.2) is 56.2 Å². The molecule has 3 aromatic carbocycles. The molecule has 1 fully saturated rings. The summed E-state index contributed by atoms with van der Waals surface area (Å²) in [5, 5.41) is 11.2. The van der Waals surface area contributed by atoms with Gasteiger partial charge in [-0.05, 0) is 77.3 Å². The molecule has 0 bridgehead atoms. The van der Waals surface area contributed by atoms with Gasteiger partial charge in [0.1, 0.15) is 5.56 Å². The molecule has 0 atom stereocenters. The van der Waals surface area contributed by atoms with Gasteiger partial charge in [-0.25, -0.2) is 14.2 Å². The number of hydrogen-bond acceptors (Lipinski definition) is 7. The number of fused-ring (bicyclic) bond motifs is 1. The lowest BCUT2D eigenvalue weighted by Crippen LogP contribution is -2.46. The molecule has 1 aliphatic heterocycles. The number of anilines is 2. The standard InChI is InChI=1S/C32H32BrN7O4/c1-19-14-23(33)25(15-20(19)2)40-30(42)22(29(41)35-31(40)43)18-34-24-16-27-28(37(4)32(44)36(27)3)17-26(24)39-12-10-38(11-13-39)21-8-6-5-7-9-21/h5-9,14-18,42H,10-13H2,1-4H3,(H,35,41,43). The highest BCUT2D eigenvalue weighted by Gasteiger charge is 2.23. The van der Waals surface area contributed by atoms with Gasteiger partial charge in [-0.3, -0.25) is 23.9 Å². The van der Waals surface area contributed by atoms with Crippen LogP contribution in [0.2, 0.25) is 0 Å². The van der Waals surface area contributed by atoms with E-state index in [1.807, 2.05) is 50.2 Å². The monoisotopic (exact) mass is 657 g/mol. The zero-order valence-corrected chi connectivity index (χ0v) is 26.4. The van der Waals surface area contributed by atoms with E-state index in [9.17, 15) is 19.5 Å². The quantitative estimate of drug-likeness (QED) is 0.277. The Bertz CT molecular complexity index is 2120. The third kappa shape index (κ3) is 5.04. The second-order valence-corrected chi connectivity index (χ2v) is 11.9. The highest BCUT2D eigenvalue weighted by Crippen LogP contribution is 2.35. The van der Waals surface area contributed by atoms with Crippen LogP contribution in [0.3, 0.4) is 0 Å². The summed E-state index contributed by atoms with van der Waals surface area (Å²) in [6.45, 7) is 6.83. The van der Waals surface area contributed by atoms with Gasteiger partial charge in [-0.1, -0.05) is 18.2 Å². The van der Waals surface area contributed by atoms with Gasteiger partial charge < -0.3 is 14.9 Å². The minimum atomic E-state index is -0.772. The highest BCUT2D eigenvalue weighted by atomic mass is 79.9. The van der Waals surface area contributed by atoms with Crippen LogP contribution >= 0.6 is 15.9 Å². The van der Waals surface area contributed by atoms with Gasteiger partial charge in [-0.2, -0.15) is 0 Å². The largest absolute Gasteiger partial charge is 0.493 e. The fourth-order valence-corrected chi connectivity index (χ4v) is 6.31. The van der Waals surface area contributed by atoms with E-state index in [2.05, 4.69) is 47.8 Å². The summed E-state index contributed by atoms with van der Waals surface area (Å²) >= 11 is 3.48. The molecule has 5 aromatic rings. The normalized spacial score (nSPS) is 13.8. The van der Waals surface area contributed by atoms with Crippen LogP contribution in [-0.2, 0) is 14.1 Å². The van der Waals surface area contributed by atoms with E-state index >= 15 is 0 Å². The molecule has 0 radical (unpaired) electrons. The first-order valence-electron chi connectivity index (χ1n) is 14.2. The molecule has 2 aromatic heterocycles. The van der Waals surface area contributed by atoms with Crippen molar-refractivity contribution in [2.24, 2.45) is 19.1 Å². The Labute approximate surface area is 261 Å². The average molecular weight is 659 g/mol. The van der Waals surface area contributed by atoms with Crippen LogP contribution in [0.15, 0.2) is 78.4 Å². The number of aromatic amines is 1. The highest BCUT2D eigenvalue weighted by molar-refractivity contribution is 9.10. The number of hydrogen-bond donors (Lipinski definition) is 2. The van der Waals surface area contributed by atoms with Crippen molar-refractivity contribution in [1.82, 2.24) is 18.7 Å². The van der Waals surface area contributed by atoms with Crippen LogP contribution in [0, 0.1) is 13.8 Å². The van der Waals surface area contributed by atoms with Crippen molar-refractivity contribution in [2.75, 3.05) is 36.0 Å². The summed E-state index contributed by atoms with van der Waals surface area (Å²) in [7, 11) is 3.43. The van der Waals surface area contributed by atoms with E-state index in [4.69, 9.17) is 0 Å². The number of halogens is 1. The number of aliphatic imine (C=N–C) groups is 1. The Kier molecular flexibility index (Phi) is 7.54.